The standard InChI is InChI=1S/C31H35F3N4O5/c32-31(33,34)20-43-19-30(42)14-8-7-13-25(30)38-21-35-26(27(38)23-11-5-2-6-12-23)28(39)37-16-15-36(29(40)41)18-24(37)17-22-9-3-1-4-10-22/h1-6,9-12,21,24-25,42H,7-8,13-20H2,(H,40,41)/t24-,25?,30?/m1/s1. The lowest BCUT2D eigenvalue weighted by atomic mass is 9.80. The zero-order valence-corrected chi connectivity index (χ0v) is 23.6. The Balaban J connectivity index is 1.51. The van der Waals surface area contributed by atoms with Crippen LogP contribution >= 0.6 is 0 Å². The van der Waals surface area contributed by atoms with Crippen LogP contribution in [0.3, 0.4) is 0 Å². The lowest BCUT2D eigenvalue weighted by Gasteiger charge is -2.41. The molecule has 0 spiro atoms. The normalized spacial score (nSPS) is 22.9. The van der Waals surface area contributed by atoms with Gasteiger partial charge in [-0.2, -0.15) is 13.2 Å². The molecule has 3 aromatic rings. The van der Waals surface area contributed by atoms with Crippen molar-refractivity contribution in [3.63, 3.8) is 0 Å². The van der Waals surface area contributed by atoms with Crippen LogP contribution < -0.4 is 0 Å². The average Bonchev–Trinajstić information content (AvgIpc) is 3.42. The van der Waals surface area contributed by atoms with Gasteiger partial charge in [0.05, 0.1) is 30.7 Å². The van der Waals surface area contributed by atoms with Gasteiger partial charge in [0.1, 0.15) is 12.2 Å². The van der Waals surface area contributed by atoms with Gasteiger partial charge in [-0.25, -0.2) is 9.78 Å². The largest absolute Gasteiger partial charge is 0.465 e. The van der Waals surface area contributed by atoms with Gasteiger partial charge < -0.3 is 29.3 Å². The van der Waals surface area contributed by atoms with E-state index in [9.17, 15) is 33.0 Å². The first-order valence-corrected chi connectivity index (χ1v) is 14.4. The number of nitrogens with zero attached hydrogens (tertiary/aromatic N) is 4. The van der Waals surface area contributed by atoms with Gasteiger partial charge in [0.15, 0.2) is 5.69 Å². The summed E-state index contributed by atoms with van der Waals surface area (Å²) in [5.74, 6) is -0.378. The number of carboxylic acid groups (broad SMARTS) is 1. The molecule has 1 saturated carbocycles. The van der Waals surface area contributed by atoms with Gasteiger partial charge in [-0.15, -0.1) is 0 Å². The number of piperazine rings is 1. The van der Waals surface area contributed by atoms with Crippen molar-refractivity contribution in [3.05, 3.63) is 78.2 Å². The summed E-state index contributed by atoms with van der Waals surface area (Å²) in [6, 6.07) is 17.5. The number of ether oxygens (including phenoxy) is 1. The Morgan fingerprint density at radius 3 is 2.40 bits per heavy atom. The quantitative estimate of drug-likeness (QED) is 0.376. The molecule has 3 atom stereocenters. The van der Waals surface area contributed by atoms with Gasteiger partial charge in [-0.3, -0.25) is 4.79 Å². The number of alkyl halides is 3. The Morgan fingerprint density at radius 1 is 1.02 bits per heavy atom. The number of aliphatic hydroxyl groups is 1. The number of carbonyl (C=O) groups is 2. The topological polar surface area (TPSA) is 108 Å². The molecule has 0 radical (unpaired) electrons. The molecule has 230 valence electrons. The third-order valence-electron chi connectivity index (χ3n) is 8.28. The van der Waals surface area contributed by atoms with Gasteiger partial charge >= 0.3 is 12.3 Å². The predicted octanol–water partition coefficient (Wildman–Crippen LogP) is 5.02. The summed E-state index contributed by atoms with van der Waals surface area (Å²) < 4.78 is 45.2. The molecule has 1 aliphatic carbocycles. The second-order valence-electron chi connectivity index (χ2n) is 11.3. The van der Waals surface area contributed by atoms with Crippen molar-refractivity contribution in [2.45, 2.75) is 56.0 Å². The number of halogens is 3. The minimum absolute atomic E-state index is 0.135. The predicted molar refractivity (Wildman–Crippen MR) is 152 cm³/mol. The Labute approximate surface area is 247 Å². The molecule has 0 bridgehead atoms. The number of hydrogen-bond donors (Lipinski definition) is 2. The van der Waals surface area contributed by atoms with Gasteiger partial charge in [0.25, 0.3) is 5.91 Å². The van der Waals surface area contributed by atoms with Gasteiger partial charge in [-0.1, -0.05) is 73.5 Å². The van der Waals surface area contributed by atoms with Crippen LogP contribution in [0.1, 0.15) is 47.8 Å². The highest BCUT2D eigenvalue weighted by Gasteiger charge is 2.44. The molecule has 2 amide bonds. The summed E-state index contributed by atoms with van der Waals surface area (Å²) in [5.41, 5.74) is 0.605. The van der Waals surface area contributed by atoms with E-state index in [1.807, 2.05) is 60.7 Å². The zero-order chi connectivity index (χ0) is 30.6. The minimum atomic E-state index is -4.52. The number of imidazole rings is 1. The number of amides is 2. The van der Waals surface area contributed by atoms with Crippen LogP contribution in [0.25, 0.3) is 11.3 Å². The Hall–Kier alpha value is -3.90. The monoisotopic (exact) mass is 600 g/mol. The third-order valence-corrected chi connectivity index (χ3v) is 8.28. The summed E-state index contributed by atoms with van der Waals surface area (Å²) in [5, 5.41) is 21.3. The van der Waals surface area contributed by atoms with Crippen LogP contribution in [0, 0.1) is 0 Å². The van der Waals surface area contributed by atoms with Crippen LogP contribution in [-0.2, 0) is 11.2 Å². The van der Waals surface area contributed by atoms with E-state index in [2.05, 4.69) is 4.98 Å². The van der Waals surface area contributed by atoms with E-state index in [1.54, 1.807) is 9.47 Å². The van der Waals surface area contributed by atoms with Crippen molar-refractivity contribution < 1.29 is 37.7 Å². The highest BCUT2D eigenvalue weighted by atomic mass is 19.4. The van der Waals surface area contributed by atoms with E-state index >= 15 is 0 Å². The molecule has 2 unspecified atom stereocenters. The van der Waals surface area contributed by atoms with Crippen molar-refractivity contribution in [3.8, 4) is 11.3 Å². The van der Waals surface area contributed by atoms with E-state index in [4.69, 9.17) is 4.74 Å². The van der Waals surface area contributed by atoms with Crippen molar-refractivity contribution >= 4 is 12.0 Å². The highest BCUT2D eigenvalue weighted by Crippen LogP contribution is 2.41. The van der Waals surface area contributed by atoms with E-state index < -0.39 is 43.2 Å². The van der Waals surface area contributed by atoms with Crippen LogP contribution in [0.15, 0.2) is 67.0 Å². The minimum Gasteiger partial charge on any atom is -0.465 e. The van der Waals surface area contributed by atoms with Crippen molar-refractivity contribution in [1.29, 1.82) is 0 Å². The van der Waals surface area contributed by atoms with Crippen LogP contribution in [-0.4, -0.2) is 92.2 Å². The lowest BCUT2D eigenvalue weighted by molar-refractivity contribution is -0.193. The van der Waals surface area contributed by atoms with Gasteiger partial charge in [0.2, 0.25) is 0 Å². The van der Waals surface area contributed by atoms with E-state index in [0.717, 1.165) is 12.0 Å². The van der Waals surface area contributed by atoms with Crippen LogP contribution in [0.5, 0.6) is 0 Å². The molecule has 2 N–H and O–H groups in total. The third kappa shape index (κ3) is 7.02. The first-order valence-electron chi connectivity index (χ1n) is 14.4. The molecular weight excluding hydrogens is 565 g/mol. The fraction of sp³-hybridized carbons (Fsp3) is 0.452. The molecule has 9 nitrogen and oxygen atoms in total. The number of aromatic nitrogens is 2. The van der Waals surface area contributed by atoms with Crippen molar-refractivity contribution in [2.24, 2.45) is 0 Å². The summed E-state index contributed by atoms with van der Waals surface area (Å²) in [6.45, 7) is -1.53. The molecule has 2 fully saturated rings. The SMILES string of the molecule is O=C(O)N1CCN(C(=O)c2ncn(C3CCCCC3(O)COCC(F)(F)F)c2-c2ccccc2)[C@H](Cc2ccccc2)C1. The maximum atomic E-state index is 14.3. The number of carbonyl (C=O) groups excluding carboxylic acids is 1. The Bertz CT molecular complexity index is 1400. The molecule has 2 heterocycles. The number of rotatable bonds is 8. The molecule has 2 aliphatic rings. The lowest BCUT2D eigenvalue weighted by Crippen LogP contribution is -2.57. The van der Waals surface area contributed by atoms with Crippen molar-refractivity contribution in [1.82, 2.24) is 19.4 Å². The number of hydrogen-bond acceptors (Lipinski definition) is 5. The second-order valence-corrected chi connectivity index (χ2v) is 11.3. The fourth-order valence-corrected chi connectivity index (χ4v) is 6.24. The summed E-state index contributed by atoms with van der Waals surface area (Å²) in [6.07, 6.45) is -1.60. The maximum Gasteiger partial charge on any atom is 0.411 e. The van der Waals surface area contributed by atoms with E-state index in [-0.39, 0.29) is 37.7 Å². The molecule has 43 heavy (non-hydrogen) atoms. The highest BCUT2D eigenvalue weighted by molar-refractivity contribution is 5.98. The molecule has 12 heteroatoms. The zero-order valence-electron chi connectivity index (χ0n) is 23.6. The van der Waals surface area contributed by atoms with Gasteiger partial charge in [0, 0.05) is 25.2 Å². The Kier molecular flexibility index (Phi) is 9.07. The van der Waals surface area contributed by atoms with E-state index in [0.29, 0.717) is 30.5 Å². The van der Waals surface area contributed by atoms with E-state index in [1.165, 1.54) is 11.2 Å². The Morgan fingerprint density at radius 2 is 1.72 bits per heavy atom. The van der Waals surface area contributed by atoms with Crippen LogP contribution in [0.2, 0.25) is 0 Å². The smallest absolute Gasteiger partial charge is 0.411 e. The average molecular weight is 601 g/mol. The number of benzene rings is 2. The first kappa shape index (κ1) is 30.6. The van der Waals surface area contributed by atoms with Crippen molar-refractivity contribution in [2.75, 3.05) is 32.8 Å². The first-order chi connectivity index (χ1) is 20.6. The molecule has 5 rings (SSSR count). The second kappa shape index (κ2) is 12.8. The molecule has 1 aromatic heterocycles. The van der Waals surface area contributed by atoms with Crippen LogP contribution in [0.4, 0.5) is 18.0 Å². The molecule has 2 aromatic carbocycles. The molecule has 1 aliphatic heterocycles. The summed E-state index contributed by atoms with van der Waals surface area (Å²) in [4.78, 5) is 33.6. The van der Waals surface area contributed by atoms with Gasteiger partial charge in [-0.05, 0) is 24.8 Å². The fourth-order valence-electron chi connectivity index (χ4n) is 6.24. The maximum absolute atomic E-state index is 14.3. The molecule has 1 saturated heterocycles. The summed E-state index contributed by atoms with van der Waals surface area (Å²) >= 11 is 0. The molecular formula is C31H35F3N4O5. The summed E-state index contributed by atoms with van der Waals surface area (Å²) in [7, 11) is 0.